The van der Waals surface area contributed by atoms with Crippen molar-refractivity contribution in [3.05, 3.63) is 105 Å². The fourth-order valence-corrected chi connectivity index (χ4v) is 4.73. The molecule has 0 aliphatic rings. The third-order valence-electron chi connectivity index (χ3n) is 6.32. The Hall–Kier alpha value is -4.34. The summed E-state index contributed by atoms with van der Waals surface area (Å²) < 4.78 is 215. The molecular formula is C26H3ClF15N. The van der Waals surface area contributed by atoms with Crippen molar-refractivity contribution in [1.29, 1.82) is 0 Å². The maximum atomic E-state index is 15.0. The minimum absolute atomic E-state index is 0.362. The van der Waals surface area contributed by atoms with Crippen molar-refractivity contribution < 1.29 is 65.9 Å². The number of rotatable bonds is 3. The van der Waals surface area contributed by atoms with Crippen molar-refractivity contribution in [2.75, 3.05) is 0 Å². The quantitative estimate of drug-likeness (QED) is 0.114. The average molecular weight is 650 g/mol. The largest absolute Gasteiger partial charge is 0.361 e. The van der Waals surface area contributed by atoms with E-state index in [2.05, 4.69) is 4.98 Å². The van der Waals surface area contributed by atoms with E-state index in [0.29, 0.717) is 12.3 Å². The molecule has 0 atom stereocenters. The van der Waals surface area contributed by atoms with Gasteiger partial charge in [0.1, 0.15) is 0 Å². The summed E-state index contributed by atoms with van der Waals surface area (Å²) in [4.78, 5) is 2.06. The first-order valence-corrected chi connectivity index (χ1v) is 11.3. The summed E-state index contributed by atoms with van der Waals surface area (Å²) in [5.41, 5.74) is -10.8. The maximum absolute atomic E-state index is 15.0. The summed E-state index contributed by atoms with van der Waals surface area (Å²) in [5, 5.41) is -2.70. The molecule has 0 bridgehead atoms. The van der Waals surface area contributed by atoms with Crippen molar-refractivity contribution in [3.63, 3.8) is 0 Å². The standard InChI is InChI=1S/C26H3ClF15N/c27-11-3(7-12(28)18(34)24(40)19(35)13(7)29)1-5-6(9(11)10-16(32)22(38)26(42)23(39)17(10)33)4(2-43-5)8-14(30)20(36)25(41)21(37)15(8)31/h1-2,43H. The third kappa shape index (κ3) is 4.06. The highest BCUT2D eigenvalue weighted by molar-refractivity contribution is 6.38. The summed E-state index contributed by atoms with van der Waals surface area (Å²) in [6.45, 7) is 0. The van der Waals surface area contributed by atoms with Crippen molar-refractivity contribution in [2.45, 2.75) is 0 Å². The monoisotopic (exact) mass is 649 g/mol. The first kappa shape index (κ1) is 30.1. The minimum atomic E-state index is -2.74. The predicted octanol–water partition coefficient (Wildman–Crippen LogP) is 9.91. The van der Waals surface area contributed by atoms with Crippen LogP contribution in [0.2, 0.25) is 5.02 Å². The van der Waals surface area contributed by atoms with Crippen molar-refractivity contribution in [3.8, 4) is 33.4 Å². The van der Waals surface area contributed by atoms with Crippen LogP contribution in [0.3, 0.4) is 0 Å². The van der Waals surface area contributed by atoms with Gasteiger partial charge in [-0.2, -0.15) is 0 Å². The van der Waals surface area contributed by atoms with Gasteiger partial charge in [0.2, 0.25) is 17.5 Å². The Labute approximate surface area is 231 Å². The zero-order valence-electron chi connectivity index (χ0n) is 19.7. The molecule has 0 spiro atoms. The van der Waals surface area contributed by atoms with Crippen molar-refractivity contribution in [1.82, 2.24) is 4.98 Å². The molecule has 1 aromatic heterocycles. The lowest BCUT2D eigenvalue weighted by Gasteiger charge is -2.17. The number of halogens is 16. The van der Waals surface area contributed by atoms with Crippen LogP contribution in [-0.4, -0.2) is 4.98 Å². The SMILES string of the molecule is Fc1c(F)c(F)c(-c2cc3[nH]cc(-c4c(F)c(F)c(F)c(F)c4F)c3c(-c3c(F)c(F)c(F)c(F)c3F)c2Cl)c(F)c1F. The molecule has 1 N–H and O–H groups in total. The molecule has 43 heavy (non-hydrogen) atoms. The van der Waals surface area contributed by atoms with E-state index in [1.807, 2.05) is 0 Å². The fourth-order valence-electron chi connectivity index (χ4n) is 4.40. The lowest BCUT2D eigenvalue weighted by atomic mass is 9.90. The van der Waals surface area contributed by atoms with E-state index in [0.717, 1.165) is 0 Å². The van der Waals surface area contributed by atoms with E-state index in [1.165, 1.54) is 0 Å². The van der Waals surface area contributed by atoms with Crippen LogP contribution in [-0.2, 0) is 0 Å². The highest BCUT2D eigenvalue weighted by Crippen LogP contribution is 2.49. The van der Waals surface area contributed by atoms with E-state index >= 15 is 8.78 Å². The molecule has 0 saturated heterocycles. The van der Waals surface area contributed by atoms with E-state index in [4.69, 9.17) is 11.6 Å². The number of hydrogen-bond donors (Lipinski definition) is 1. The molecule has 1 heterocycles. The second-order valence-electron chi connectivity index (χ2n) is 8.57. The number of hydrogen-bond acceptors (Lipinski definition) is 0. The number of nitrogens with one attached hydrogen (secondary N) is 1. The molecule has 224 valence electrons. The molecule has 0 unspecified atom stereocenters. The third-order valence-corrected chi connectivity index (χ3v) is 6.72. The van der Waals surface area contributed by atoms with E-state index in [9.17, 15) is 57.1 Å². The first-order chi connectivity index (χ1) is 20.0. The molecule has 0 saturated carbocycles. The molecule has 0 amide bonds. The summed E-state index contributed by atoms with van der Waals surface area (Å²) in [7, 11) is 0. The van der Waals surface area contributed by atoms with Gasteiger partial charge in [0.05, 0.1) is 21.7 Å². The summed E-state index contributed by atoms with van der Waals surface area (Å²) >= 11 is 6.06. The van der Waals surface area contributed by atoms with Crippen molar-refractivity contribution in [2.24, 2.45) is 0 Å². The molecular weight excluding hydrogens is 647 g/mol. The smallest absolute Gasteiger partial charge is 0.200 e. The van der Waals surface area contributed by atoms with E-state index < -0.39 is 137 Å². The van der Waals surface area contributed by atoms with Crippen LogP contribution in [0.15, 0.2) is 12.3 Å². The molecule has 5 rings (SSSR count). The zero-order valence-corrected chi connectivity index (χ0v) is 20.5. The molecule has 17 heteroatoms. The number of aromatic nitrogens is 1. The van der Waals surface area contributed by atoms with Gasteiger partial charge >= 0.3 is 0 Å². The molecule has 1 nitrogen and oxygen atoms in total. The van der Waals surface area contributed by atoms with Gasteiger partial charge in [0.15, 0.2) is 69.8 Å². The molecule has 4 aromatic carbocycles. The maximum Gasteiger partial charge on any atom is 0.200 e. The summed E-state index contributed by atoms with van der Waals surface area (Å²) in [6.07, 6.45) is 0.386. The molecule has 5 aromatic rings. The number of benzene rings is 4. The van der Waals surface area contributed by atoms with Gasteiger partial charge in [-0.25, -0.2) is 65.9 Å². The van der Waals surface area contributed by atoms with Gasteiger partial charge in [0, 0.05) is 33.8 Å². The van der Waals surface area contributed by atoms with Crippen molar-refractivity contribution >= 4 is 22.5 Å². The van der Waals surface area contributed by atoms with Crippen LogP contribution in [0, 0.1) is 87.3 Å². The molecule has 0 aliphatic heterocycles. The lowest BCUT2D eigenvalue weighted by molar-refractivity contribution is 0.381. The zero-order chi connectivity index (χ0) is 32.0. The van der Waals surface area contributed by atoms with Crippen LogP contribution in [0.4, 0.5) is 65.9 Å². The fraction of sp³-hybridized carbons (Fsp3) is 0. The first-order valence-electron chi connectivity index (χ1n) is 10.9. The van der Waals surface area contributed by atoms with E-state index in [-0.39, 0.29) is 0 Å². The highest BCUT2D eigenvalue weighted by atomic mass is 35.5. The Morgan fingerprint density at radius 2 is 0.674 bits per heavy atom. The lowest BCUT2D eigenvalue weighted by Crippen LogP contribution is -2.07. The minimum Gasteiger partial charge on any atom is -0.361 e. The van der Waals surface area contributed by atoms with E-state index in [1.54, 1.807) is 0 Å². The molecule has 0 radical (unpaired) electrons. The topological polar surface area (TPSA) is 15.8 Å². The van der Waals surface area contributed by atoms with Gasteiger partial charge in [-0.15, -0.1) is 0 Å². The summed E-state index contributed by atoms with van der Waals surface area (Å²) in [5.74, 6) is -39.3. The Balaban J connectivity index is 2.07. The van der Waals surface area contributed by atoms with Crippen LogP contribution >= 0.6 is 11.6 Å². The van der Waals surface area contributed by atoms with Gasteiger partial charge in [-0.3, -0.25) is 0 Å². The average Bonchev–Trinajstić information content (AvgIpc) is 3.39. The highest BCUT2D eigenvalue weighted by Gasteiger charge is 2.35. The Morgan fingerprint density at radius 1 is 0.372 bits per heavy atom. The molecule has 0 fully saturated rings. The predicted molar refractivity (Wildman–Crippen MR) is 119 cm³/mol. The second kappa shape index (κ2) is 10.1. The van der Waals surface area contributed by atoms with Crippen LogP contribution < -0.4 is 0 Å². The Kier molecular flexibility index (Phi) is 7.10. The summed E-state index contributed by atoms with van der Waals surface area (Å²) in [6, 6.07) is 0.362. The second-order valence-corrected chi connectivity index (χ2v) is 8.95. The number of H-pyrrole nitrogens is 1. The van der Waals surface area contributed by atoms with Gasteiger partial charge in [0.25, 0.3) is 0 Å². The van der Waals surface area contributed by atoms with Gasteiger partial charge in [-0.1, -0.05) is 11.6 Å². The van der Waals surface area contributed by atoms with Crippen LogP contribution in [0.5, 0.6) is 0 Å². The Morgan fingerprint density at radius 3 is 1.05 bits per heavy atom. The van der Waals surface area contributed by atoms with Gasteiger partial charge in [-0.05, 0) is 6.07 Å². The Bertz CT molecular complexity index is 1960. The normalized spacial score (nSPS) is 11.7. The van der Waals surface area contributed by atoms with Crippen LogP contribution in [0.25, 0.3) is 44.3 Å². The molecule has 0 aliphatic carbocycles. The van der Waals surface area contributed by atoms with Gasteiger partial charge < -0.3 is 4.98 Å². The number of aromatic amines is 1. The van der Waals surface area contributed by atoms with Crippen LogP contribution in [0.1, 0.15) is 0 Å². The number of fused-ring (bicyclic) bond motifs is 1.